The van der Waals surface area contributed by atoms with Crippen LogP contribution in [0.25, 0.3) is 0 Å². The second kappa shape index (κ2) is 4.08. The van der Waals surface area contributed by atoms with Crippen molar-refractivity contribution in [2.45, 2.75) is 59.3 Å². The van der Waals surface area contributed by atoms with E-state index in [0.717, 1.165) is 5.92 Å². The van der Waals surface area contributed by atoms with E-state index < -0.39 is 0 Å². The maximum atomic E-state index is 3.52. The van der Waals surface area contributed by atoms with Gasteiger partial charge in [-0.15, -0.1) is 0 Å². The van der Waals surface area contributed by atoms with Crippen molar-refractivity contribution in [3.63, 3.8) is 0 Å². The molecule has 0 amide bonds. The van der Waals surface area contributed by atoms with Crippen molar-refractivity contribution in [1.82, 2.24) is 5.32 Å². The van der Waals surface area contributed by atoms with Gasteiger partial charge in [0.2, 0.25) is 0 Å². The summed E-state index contributed by atoms with van der Waals surface area (Å²) in [5, 5.41) is 3.52. The van der Waals surface area contributed by atoms with Gasteiger partial charge in [-0.05, 0) is 42.4 Å². The van der Waals surface area contributed by atoms with Crippen molar-refractivity contribution in [2.24, 2.45) is 16.7 Å². The molecule has 1 saturated carbocycles. The lowest BCUT2D eigenvalue weighted by atomic mass is 9.65. The highest BCUT2D eigenvalue weighted by molar-refractivity contribution is 4.99. The average molecular weight is 209 g/mol. The van der Waals surface area contributed by atoms with E-state index in [2.05, 4.69) is 26.1 Å². The number of nitrogens with one attached hydrogen (secondary N) is 1. The minimum Gasteiger partial charge on any atom is -0.316 e. The maximum absolute atomic E-state index is 3.52. The SMILES string of the molecule is CC(C)(C)CCC1(C2CCCC2)CNC1. The molecule has 0 aromatic heterocycles. The fourth-order valence-corrected chi connectivity index (χ4v) is 3.28. The highest BCUT2D eigenvalue weighted by Crippen LogP contribution is 2.47. The summed E-state index contributed by atoms with van der Waals surface area (Å²) in [4.78, 5) is 0. The molecule has 2 rings (SSSR count). The predicted octanol–water partition coefficient (Wildman–Crippen LogP) is 3.59. The standard InChI is InChI=1S/C14H27N/c1-13(2,3)8-9-14(10-15-11-14)12-6-4-5-7-12/h12,15H,4-11H2,1-3H3. The molecule has 2 aliphatic rings. The predicted molar refractivity (Wildman–Crippen MR) is 65.9 cm³/mol. The number of hydrogen-bond donors (Lipinski definition) is 1. The Morgan fingerprint density at radius 2 is 1.73 bits per heavy atom. The first-order valence-corrected chi connectivity index (χ1v) is 6.73. The van der Waals surface area contributed by atoms with Crippen LogP contribution in [0.2, 0.25) is 0 Å². The van der Waals surface area contributed by atoms with Gasteiger partial charge >= 0.3 is 0 Å². The monoisotopic (exact) mass is 209 g/mol. The molecule has 1 N–H and O–H groups in total. The van der Waals surface area contributed by atoms with Crippen LogP contribution in [-0.4, -0.2) is 13.1 Å². The maximum Gasteiger partial charge on any atom is 0.00229 e. The van der Waals surface area contributed by atoms with Gasteiger partial charge in [-0.2, -0.15) is 0 Å². The van der Waals surface area contributed by atoms with E-state index in [1.165, 1.54) is 51.6 Å². The van der Waals surface area contributed by atoms with Crippen LogP contribution in [0.1, 0.15) is 59.3 Å². The molecule has 88 valence electrons. The Labute approximate surface area is 95.0 Å². The Kier molecular flexibility index (Phi) is 3.12. The molecule has 0 spiro atoms. The summed E-state index contributed by atoms with van der Waals surface area (Å²) in [5.74, 6) is 1.04. The van der Waals surface area contributed by atoms with E-state index in [1.807, 2.05) is 0 Å². The van der Waals surface area contributed by atoms with E-state index >= 15 is 0 Å². The number of rotatable bonds is 3. The van der Waals surface area contributed by atoms with E-state index in [0.29, 0.717) is 10.8 Å². The van der Waals surface area contributed by atoms with Crippen molar-refractivity contribution >= 4 is 0 Å². The second-order valence-corrected chi connectivity index (χ2v) is 7.01. The van der Waals surface area contributed by atoms with Crippen molar-refractivity contribution in [3.05, 3.63) is 0 Å². The van der Waals surface area contributed by atoms with Crippen LogP contribution in [0.5, 0.6) is 0 Å². The van der Waals surface area contributed by atoms with Crippen molar-refractivity contribution in [1.29, 1.82) is 0 Å². The average Bonchev–Trinajstić information content (AvgIpc) is 2.53. The van der Waals surface area contributed by atoms with Crippen LogP contribution in [-0.2, 0) is 0 Å². The Morgan fingerprint density at radius 1 is 1.13 bits per heavy atom. The number of hydrogen-bond acceptors (Lipinski definition) is 1. The minimum absolute atomic E-state index is 0.515. The molecule has 0 radical (unpaired) electrons. The molecule has 1 heterocycles. The van der Waals surface area contributed by atoms with Gasteiger partial charge in [-0.25, -0.2) is 0 Å². The Morgan fingerprint density at radius 3 is 2.13 bits per heavy atom. The molecule has 0 atom stereocenters. The van der Waals surface area contributed by atoms with Gasteiger partial charge in [0.05, 0.1) is 0 Å². The quantitative estimate of drug-likeness (QED) is 0.749. The molecule has 0 bridgehead atoms. The molecule has 1 saturated heterocycles. The highest BCUT2D eigenvalue weighted by Gasteiger charge is 2.44. The summed E-state index contributed by atoms with van der Waals surface area (Å²) >= 11 is 0. The summed E-state index contributed by atoms with van der Waals surface area (Å²) in [6, 6.07) is 0. The normalized spacial score (nSPS) is 26.6. The Bertz CT molecular complexity index is 204. The second-order valence-electron chi connectivity index (χ2n) is 7.01. The van der Waals surface area contributed by atoms with E-state index in [4.69, 9.17) is 0 Å². The molecule has 0 aromatic carbocycles. The summed E-state index contributed by atoms with van der Waals surface area (Å²) in [6.45, 7) is 9.73. The first kappa shape index (κ1) is 11.4. The Balaban J connectivity index is 1.90. The lowest BCUT2D eigenvalue weighted by Gasteiger charge is -2.48. The van der Waals surface area contributed by atoms with Gasteiger partial charge in [0, 0.05) is 13.1 Å². The zero-order valence-corrected chi connectivity index (χ0v) is 10.7. The van der Waals surface area contributed by atoms with Crippen LogP contribution >= 0.6 is 0 Å². The first-order chi connectivity index (χ1) is 7.02. The van der Waals surface area contributed by atoms with Gasteiger partial charge in [0.15, 0.2) is 0 Å². The molecule has 0 unspecified atom stereocenters. The molecule has 1 heteroatoms. The smallest absolute Gasteiger partial charge is 0.00229 e. The van der Waals surface area contributed by atoms with E-state index in [-0.39, 0.29) is 0 Å². The van der Waals surface area contributed by atoms with E-state index in [1.54, 1.807) is 0 Å². The van der Waals surface area contributed by atoms with Gasteiger partial charge in [0.1, 0.15) is 0 Å². The molecular formula is C14H27N. The lowest BCUT2D eigenvalue weighted by molar-refractivity contribution is 0.0557. The third-order valence-corrected chi connectivity index (χ3v) is 4.55. The summed E-state index contributed by atoms with van der Waals surface area (Å²) < 4.78 is 0. The molecule has 1 nitrogen and oxygen atoms in total. The molecule has 2 fully saturated rings. The fraction of sp³-hybridized carbons (Fsp3) is 1.00. The lowest BCUT2D eigenvalue weighted by Crippen LogP contribution is -2.57. The summed E-state index contributed by atoms with van der Waals surface area (Å²) in [5.41, 5.74) is 1.21. The van der Waals surface area contributed by atoms with Gasteiger partial charge in [-0.3, -0.25) is 0 Å². The summed E-state index contributed by atoms with van der Waals surface area (Å²) in [7, 11) is 0. The largest absolute Gasteiger partial charge is 0.316 e. The van der Waals surface area contributed by atoms with E-state index in [9.17, 15) is 0 Å². The molecule has 15 heavy (non-hydrogen) atoms. The van der Waals surface area contributed by atoms with Crippen molar-refractivity contribution in [3.8, 4) is 0 Å². The van der Waals surface area contributed by atoms with Crippen molar-refractivity contribution in [2.75, 3.05) is 13.1 Å². The van der Waals surface area contributed by atoms with Crippen LogP contribution in [0.4, 0.5) is 0 Å². The van der Waals surface area contributed by atoms with Crippen LogP contribution in [0.3, 0.4) is 0 Å². The molecule has 1 aliphatic carbocycles. The van der Waals surface area contributed by atoms with Crippen LogP contribution < -0.4 is 5.32 Å². The highest BCUT2D eigenvalue weighted by atomic mass is 15.0. The fourth-order valence-electron chi connectivity index (χ4n) is 3.28. The summed E-state index contributed by atoms with van der Waals surface area (Å²) in [6.07, 6.45) is 8.83. The van der Waals surface area contributed by atoms with Gasteiger partial charge < -0.3 is 5.32 Å². The van der Waals surface area contributed by atoms with Crippen molar-refractivity contribution < 1.29 is 0 Å². The third kappa shape index (κ3) is 2.55. The zero-order chi connectivity index (χ0) is 10.9. The molecule has 0 aromatic rings. The third-order valence-electron chi connectivity index (χ3n) is 4.55. The molecular weight excluding hydrogens is 182 g/mol. The zero-order valence-electron chi connectivity index (χ0n) is 10.7. The first-order valence-electron chi connectivity index (χ1n) is 6.73. The molecule has 1 aliphatic heterocycles. The van der Waals surface area contributed by atoms with Crippen LogP contribution in [0.15, 0.2) is 0 Å². The van der Waals surface area contributed by atoms with Crippen LogP contribution in [0, 0.1) is 16.7 Å². The van der Waals surface area contributed by atoms with Gasteiger partial charge in [-0.1, -0.05) is 33.6 Å². The van der Waals surface area contributed by atoms with Gasteiger partial charge in [0.25, 0.3) is 0 Å². The minimum atomic E-state index is 0.515. The Hall–Kier alpha value is -0.0400. The topological polar surface area (TPSA) is 12.0 Å².